The summed E-state index contributed by atoms with van der Waals surface area (Å²) in [5.41, 5.74) is 2.70. The van der Waals surface area contributed by atoms with Crippen LogP contribution < -0.4 is 5.01 Å². The van der Waals surface area contributed by atoms with Crippen LogP contribution in [0.3, 0.4) is 0 Å². The van der Waals surface area contributed by atoms with Gasteiger partial charge in [-0.05, 0) is 36.8 Å². The number of hydrogen-bond donors (Lipinski definition) is 0. The molecule has 0 aromatic heterocycles. The SMILES string of the molecule is COCCN=C(C)C1C(=O)N(c2ccc(F)cc2)N=C1c1ccccc1. The van der Waals surface area contributed by atoms with Gasteiger partial charge in [-0.25, -0.2) is 4.39 Å². The van der Waals surface area contributed by atoms with Crippen LogP contribution in [-0.4, -0.2) is 37.6 Å². The van der Waals surface area contributed by atoms with Crippen molar-refractivity contribution in [2.75, 3.05) is 25.3 Å². The summed E-state index contributed by atoms with van der Waals surface area (Å²) in [5.74, 6) is -1.13. The average Bonchev–Trinajstić information content (AvgIpc) is 3.00. The van der Waals surface area contributed by atoms with E-state index in [1.165, 1.54) is 17.1 Å². The summed E-state index contributed by atoms with van der Waals surface area (Å²) < 4.78 is 18.2. The normalized spacial score (nSPS) is 17.6. The van der Waals surface area contributed by atoms with Crippen molar-refractivity contribution in [2.24, 2.45) is 16.0 Å². The molecule has 0 bridgehead atoms. The minimum absolute atomic E-state index is 0.200. The Morgan fingerprint density at radius 3 is 2.54 bits per heavy atom. The number of anilines is 1. The van der Waals surface area contributed by atoms with E-state index in [4.69, 9.17) is 4.74 Å². The highest BCUT2D eigenvalue weighted by Gasteiger charge is 2.39. The van der Waals surface area contributed by atoms with Crippen molar-refractivity contribution in [1.29, 1.82) is 0 Å². The fraction of sp³-hybridized carbons (Fsp3) is 0.250. The van der Waals surface area contributed by atoms with E-state index in [1.807, 2.05) is 37.3 Å². The summed E-state index contributed by atoms with van der Waals surface area (Å²) in [6.45, 7) is 2.79. The number of rotatable bonds is 6. The van der Waals surface area contributed by atoms with E-state index >= 15 is 0 Å². The molecular weight excluding hydrogens is 333 g/mol. The Balaban J connectivity index is 1.99. The summed E-state index contributed by atoms with van der Waals surface area (Å²) in [6, 6.07) is 15.2. The van der Waals surface area contributed by atoms with Gasteiger partial charge in [0.15, 0.2) is 0 Å². The minimum Gasteiger partial charge on any atom is -0.383 e. The summed E-state index contributed by atoms with van der Waals surface area (Å²) in [5, 5.41) is 5.86. The topological polar surface area (TPSA) is 54.3 Å². The molecule has 0 radical (unpaired) electrons. The van der Waals surface area contributed by atoms with Crippen molar-refractivity contribution in [2.45, 2.75) is 6.92 Å². The van der Waals surface area contributed by atoms with Gasteiger partial charge in [0.2, 0.25) is 0 Å². The number of ether oxygens (including phenoxy) is 1. The van der Waals surface area contributed by atoms with Crippen LogP contribution in [0.2, 0.25) is 0 Å². The molecule has 0 spiro atoms. The van der Waals surface area contributed by atoms with Crippen molar-refractivity contribution in [3.63, 3.8) is 0 Å². The van der Waals surface area contributed by atoms with Gasteiger partial charge in [0.25, 0.3) is 5.91 Å². The molecule has 1 amide bonds. The van der Waals surface area contributed by atoms with E-state index in [1.54, 1.807) is 19.2 Å². The number of carbonyl (C=O) groups excluding carboxylic acids is 1. The smallest absolute Gasteiger partial charge is 0.262 e. The highest BCUT2D eigenvalue weighted by Crippen LogP contribution is 2.28. The number of methoxy groups -OCH3 is 1. The monoisotopic (exact) mass is 353 g/mol. The van der Waals surface area contributed by atoms with Crippen LogP contribution in [0.4, 0.5) is 10.1 Å². The standard InChI is InChI=1S/C20H20FN3O2/c1-14(22-12-13-26-2)18-19(15-6-4-3-5-7-15)23-24(20(18)25)17-10-8-16(21)9-11-17/h3-11,18H,12-13H2,1-2H3. The Morgan fingerprint density at radius 1 is 1.19 bits per heavy atom. The number of hydrazone groups is 1. The summed E-state index contributed by atoms with van der Waals surface area (Å²) in [6.07, 6.45) is 0. The zero-order chi connectivity index (χ0) is 18.5. The molecule has 0 saturated carbocycles. The van der Waals surface area contributed by atoms with Crippen molar-refractivity contribution in [1.82, 2.24) is 0 Å². The molecule has 26 heavy (non-hydrogen) atoms. The Labute approximate surface area is 151 Å². The van der Waals surface area contributed by atoms with Crippen LogP contribution in [-0.2, 0) is 9.53 Å². The molecule has 6 heteroatoms. The van der Waals surface area contributed by atoms with Gasteiger partial charge < -0.3 is 4.74 Å². The first-order chi connectivity index (χ1) is 12.6. The molecule has 1 unspecified atom stereocenters. The lowest BCUT2D eigenvalue weighted by molar-refractivity contribution is -0.118. The number of benzene rings is 2. The summed E-state index contributed by atoms with van der Waals surface area (Å²) >= 11 is 0. The van der Waals surface area contributed by atoms with Crippen molar-refractivity contribution >= 4 is 23.0 Å². The molecule has 0 saturated heterocycles. The third kappa shape index (κ3) is 3.70. The van der Waals surface area contributed by atoms with Crippen LogP contribution >= 0.6 is 0 Å². The first-order valence-electron chi connectivity index (χ1n) is 8.35. The van der Waals surface area contributed by atoms with Crippen molar-refractivity contribution in [3.05, 3.63) is 66.0 Å². The summed E-state index contributed by atoms with van der Waals surface area (Å²) in [7, 11) is 1.61. The highest BCUT2D eigenvalue weighted by atomic mass is 19.1. The molecule has 2 aromatic rings. The number of hydrogen-bond acceptors (Lipinski definition) is 4. The fourth-order valence-electron chi connectivity index (χ4n) is 2.84. The van der Waals surface area contributed by atoms with E-state index in [0.717, 1.165) is 5.56 Å². The molecule has 1 aliphatic rings. The Morgan fingerprint density at radius 2 is 1.88 bits per heavy atom. The zero-order valence-corrected chi connectivity index (χ0v) is 14.7. The predicted octanol–water partition coefficient (Wildman–Crippen LogP) is 3.30. The van der Waals surface area contributed by atoms with Gasteiger partial charge in [-0.15, -0.1) is 0 Å². The first-order valence-corrected chi connectivity index (χ1v) is 8.35. The van der Waals surface area contributed by atoms with Gasteiger partial charge in [-0.3, -0.25) is 9.79 Å². The number of halogens is 1. The van der Waals surface area contributed by atoms with E-state index in [9.17, 15) is 9.18 Å². The second-order valence-corrected chi connectivity index (χ2v) is 5.93. The molecule has 134 valence electrons. The van der Waals surface area contributed by atoms with Gasteiger partial charge in [0.05, 0.1) is 24.6 Å². The molecule has 0 N–H and O–H groups in total. The molecule has 5 nitrogen and oxygen atoms in total. The van der Waals surface area contributed by atoms with E-state index in [0.29, 0.717) is 30.3 Å². The average molecular weight is 353 g/mol. The zero-order valence-electron chi connectivity index (χ0n) is 14.7. The fourth-order valence-corrected chi connectivity index (χ4v) is 2.84. The highest BCUT2D eigenvalue weighted by molar-refractivity contribution is 6.32. The Hall–Kier alpha value is -2.86. The van der Waals surface area contributed by atoms with Crippen LogP contribution in [0, 0.1) is 11.7 Å². The number of amides is 1. The third-order valence-corrected chi connectivity index (χ3v) is 4.15. The van der Waals surface area contributed by atoms with E-state index in [-0.39, 0.29) is 11.7 Å². The quantitative estimate of drug-likeness (QED) is 0.591. The molecule has 1 aliphatic heterocycles. The maximum atomic E-state index is 13.2. The lowest BCUT2D eigenvalue weighted by Crippen LogP contribution is -2.32. The lowest BCUT2D eigenvalue weighted by atomic mass is 9.93. The van der Waals surface area contributed by atoms with Crippen LogP contribution in [0.25, 0.3) is 0 Å². The van der Waals surface area contributed by atoms with Gasteiger partial charge in [0.1, 0.15) is 11.7 Å². The molecule has 1 atom stereocenters. The second-order valence-electron chi connectivity index (χ2n) is 5.93. The maximum Gasteiger partial charge on any atom is 0.262 e. The number of aliphatic imine (C=N–C) groups is 1. The molecule has 3 rings (SSSR count). The van der Waals surface area contributed by atoms with Crippen LogP contribution in [0.1, 0.15) is 12.5 Å². The van der Waals surface area contributed by atoms with Crippen LogP contribution in [0.15, 0.2) is 64.7 Å². The van der Waals surface area contributed by atoms with Crippen molar-refractivity contribution in [3.8, 4) is 0 Å². The van der Waals surface area contributed by atoms with Gasteiger partial charge in [-0.2, -0.15) is 10.1 Å². The number of nitrogens with zero attached hydrogens (tertiary/aromatic N) is 3. The Kier molecular flexibility index (Phi) is 5.53. The van der Waals surface area contributed by atoms with E-state index in [2.05, 4.69) is 10.1 Å². The largest absolute Gasteiger partial charge is 0.383 e. The van der Waals surface area contributed by atoms with E-state index < -0.39 is 5.92 Å². The van der Waals surface area contributed by atoms with Crippen LogP contribution in [0.5, 0.6) is 0 Å². The molecule has 2 aromatic carbocycles. The first kappa shape index (κ1) is 17.9. The Bertz CT molecular complexity index is 832. The minimum atomic E-state index is -0.570. The molecule has 1 heterocycles. The molecule has 0 fully saturated rings. The molecule has 0 aliphatic carbocycles. The summed E-state index contributed by atoms with van der Waals surface area (Å²) in [4.78, 5) is 17.5. The molecular formula is C20H20FN3O2. The second kappa shape index (κ2) is 8.01. The van der Waals surface area contributed by atoms with Gasteiger partial charge in [-0.1, -0.05) is 30.3 Å². The third-order valence-electron chi connectivity index (χ3n) is 4.15. The van der Waals surface area contributed by atoms with Gasteiger partial charge >= 0.3 is 0 Å². The maximum absolute atomic E-state index is 13.2. The van der Waals surface area contributed by atoms with Crippen molar-refractivity contribution < 1.29 is 13.9 Å². The lowest BCUT2D eigenvalue weighted by Gasteiger charge is -2.14. The number of carbonyl (C=O) groups is 1. The van der Waals surface area contributed by atoms with Gasteiger partial charge in [0, 0.05) is 12.8 Å². The predicted molar refractivity (Wildman–Crippen MR) is 100 cm³/mol.